The lowest BCUT2D eigenvalue weighted by molar-refractivity contribution is -0.124. The van der Waals surface area contributed by atoms with E-state index in [1.807, 2.05) is 14.0 Å². The maximum Gasteiger partial charge on any atom is 0.238 e. The number of hydrogen-bond donors (Lipinski definition) is 2. The van der Waals surface area contributed by atoms with Crippen LogP contribution in [0, 0.1) is 0 Å². The highest BCUT2D eigenvalue weighted by Crippen LogP contribution is 2.16. The average molecular weight is 242 g/mol. The van der Waals surface area contributed by atoms with Crippen LogP contribution in [0.3, 0.4) is 0 Å². The second kappa shape index (κ2) is 5.80. The molecule has 0 aromatic heterocycles. The predicted octanol–water partition coefficient (Wildman–Crippen LogP) is -0.524. The first-order valence-corrected chi connectivity index (χ1v) is 6.26. The Morgan fingerprint density at radius 1 is 1.65 bits per heavy atom. The number of nitrogens with one attached hydrogen (secondary N) is 1. The van der Waals surface area contributed by atoms with E-state index in [1.165, 1.54) is 19.4 Å². The molecule has 1 aliphatic heterocycles. The number of hydrogen-bond acceptors (Lipinski definition) is 4. The Kier molecular flexibility index (Phi) is 4.91. The van der Waals surface area contributed by atoms with Crippen molar-refractivity contribution in [3.8, 4) is 0 Å². The van der Waals surface area contributed by atoms with Gasteiger partial charge in [0, 0.05) is 19.1 Å². The first-order valence-electron chi connectivity index (χ1n) is 6.26. The monoisotopic (exact) mass is 242 g/mol. The topological polar surface area (TPSA) is 61.6 Å². The Labute approximate surface area is 104 Å². The maximum atomic E-state index is 11.4. The number of amides is 1. The minimum atomic E-state index is -0.647. The lowest BCUT2D eigenvalue weighted by atomic mass is 10.0. The molecule has 1 fully saturated rings. The van der Waals surface area contributed by atoms with Crippen molar-refractivity contribution in [3.05, 3.63) is 0 Å². The molecule has 0 aromatic rings. The number of nitrogens with two attached hydrogens (primary N) is 1. The third kappa shape index (κ3) is 3.66. The zero-order valence-electron chi connectivity index (χ0n) is 11.5. The Morgan fingerprint density at radius 3 is 2.71 bits per heavy atom. The molecule has 1 rings (SSSR count). The van der Waals surface area contributed by atoms with Crippen molar-refractivity contribution < 1.29 is 4.79 Å². The fourth-order valence-corrected chi connectivity index (χ4v) is 2.45. The summed E-state index contributed by atoms with van der Waals surface area (Å²) in [5, 5.41) is 3.02. The van der Waals surface area contributed by atoms with E-state index in [-0.39, 0.29) is 5.91 Å². The van der Waals surface area contributed by atoms with E-state index in [0.717, 1.165) is 6.54 Å². The SMILES string of the molecule is CNC(C)(CN(C)CC1CCCN1C)C(N)=O. The van der Waals surface area contributed by atoms with Crippen LogP contribution in [0.4, 0.5) is 0 Å². The molecule has 2 atom stereocenters. The van der Waals surface area contributed by atoms with Crippen LogP contribution in [0.5, 0.6) is 0 Å². The summed E-state index contributed by atoms with van der Waals surface area (Å²) in [6.07, 6.45) is 2.52. The van der Waals surface area contributed by atoms with Crippen LogP contribution in [-0.2, 0) is 4.79 Å². The zero-order valence-corrected chi connectivity index (χ0v) is 11.5. The van der Waals surface area contributed by atoms with Crippen LogP contribution >= 0.6 is 0 Å². The van der Waals surface area contributed by atoms with Crippen molar-refractivity contribution in [1.82, 2.24) is 15.1 Å². The molecule has 0 aliphatic carbocycles. The van der Waals surface area contributed by atoms with Gasteiger partial charge in [0.15, 0.2) is 0 Å². The summed E-state index contributed by atoms with van der Waals surface area (Å²) in [4.78, 5) is 16.0. The van der Waals surface area contributed by atoms with Gasteiger partial charge in [-0.1, -0.05) is 0 Å². The van der Waals surface area contributed by atoms with E-state index in [4.69, 9.17) is 5.73 Å². The van der Waals surface area contributed by atoms with Gasteiger partial charge >= 0.3 is 0 Å². The smallest absolute Gasteiger partial charge is 0.238 e. The highest BCUT2D eigenvalue weighted by molar-refractivity contribution is 5.84. The molecule has 1 aliphatic rings. The maximum absolute atomic E-state index is 11.4. The molecular formula is C12H26N4O. The highest BCUT2D eigenvalue weighted by atomic mass is 16.1. The Bertz CT molecular complexity index is 271. The second-order valence-electron chi connectivity index (χ2n) is 5.42. The normalized spacial score (nSPS) is 25.1. The first kappa shape index (κ1) is 14.4. The minimum Gasteiger partial charge on any atom is -0.368 e. The molecule has 1 amide bonds. The van der Waals surface area contributed by atoms with Gasteiger partial charge in [-0.3, -0.25) is 4.79 Å². The molecule has 0 bridgehead atoms. The summed E-state index contributed by atoms with van der Waals surface area (Å²) in [5.41, 5.74) is 4.78. The number of nitrogens with zero attached hydrogens (tertiary/aromatic N) is 2. The molecule has 17 heavy (non-hydrogen) atoms. The standard InChI is InChI=1S/C12H26N4O/c1-12(14-2,11(13)17)9-15(3)8-10-6-5-7-16(10)4/h10,14H,5-9H2,1-4H3,(H2,13,17). The lowest BCUT2D eigenvalue weighted by Crippen LogP contribution is -2.58. The molecule has 0 spiro atoms. The van der Waals surface area contributed by atoms with Crippen molar-refractivity contribution in [2.24, 2.45) is 5.73 Å². The number of likely N-dealkylation sites (tertiary alicyclic amines) is 1. The Morgan fingerprint density at radius 2 is 2.29 bits per heavy atom. The van der Waals surface area contributed by atoms with E-state index in [2.05, 4.69) is 22.2 Å². The van der Waals surface area contributed by atoms with Gasteiger partial charge in [0.1, 0.15) is 5.54 Å². The summed E-state index contributed by atoms with van der Waals surface area (Å²) < 4.78 is 0. The molecule has 100 valence electrons. The second-order valence-corrected chi connectivity index (χ2v) is 5.42. The van der Waals surface area contributed by atoms with Gasteiger partial charge < -0.3 is 20.9 Å². The van der Waals surface area contributed by atoms with Crippen LogP contribution in [0.15, 0.2) is 0 Å². The molecule has 0 radical (unpaired) electrons. The fraction of sp³-hybridized carbons (Fsp3) is 0.917. The third-order valence-electron chi connectivity index (χ3n) is 3.88. The number of likely N-dealkylation sites (N-methyl/N-ethyl adjacent to an activating group) is 3. The molecule has 5 nitrogen and oxygen atoms in total. The summed E-state index contributed by atoms with van der Waals surface area (Å²) >= 11 is 0. The van der Waals surface area contributed by atoms with Gasteiger partial charge in [0.25, 0.3) is 0 Å². The summed E-state index contributed by atoms with van der Waals surface area (Å²) in [6, 6.07) is 0.606. The van der Waals surface area contributed by atoms with Crippen LogP contribution in [0.1, 0.15) is 19.8 Å². The predicted molar refractivity (Wildman–Crippen MR) is 69.8 cm³/mol. The minimum absolute atomic E-state index is 0.299. The number of carbonyl (C=O) groups excluding carboxylic acids is 1. The van der Waals surface area contributed by atoms with Gasteiger partial charge in [0.2, 0.25) is 5.91 Å². The molecule has 2 unspecified atom stereocenters. The first-order chi connectivity index (χ1) is 7.89. The molecule has 0 saturated carbocycles. The highest BCUT2D eigenvalue weighted by Gasteiger charge is 2.31. The molecule has 0 aromatic carbocycles. The lowest BCUT2D eigenvalue weighted by Gasteiger charge is -2.33. The van der Waals surface area contributed by atoms with Crippen LogP contribution in [-0.4, -0.2) is 68.1 Å². The average Bonchev–Trinajstić information content (AvgIpc) is 2.63. The van der Waals surface area contributed by atoms with Crippen molar-refractivity contribution in [2.75, 3.05) is 40.8 Å². The Hall–Kier alpha value is -0.650. The summed E-state index contributed by atoms with van der Waals surface area (Å²) in [6.45, 7) is 4.66. The number of carbonyl (C=O) groups is 1. The van der Waals surface area contributed by atoms with Crippen molar-refractivity contribution in [1.29, 1.82) is 0 Å². The van der Waals surface area contributed by atoms with Crippen molar-refractivity contribution in [2.45, 2.75) is 31.3 Å². The molecular weight excluding hydrogens is 216 g/mol. The fourth-order valence-electron chi connectivity index (χ4n) is 2.45. The number of primary amides is 1. The van der Waals surface area contributed by atoms with Crippen LogP contribution in [0.25, 0.3) is 0 Å². The van der Waals surface area contributed by atoms with E-state index in [1.54, 1.807) is 7.05 Å². The van der Waals surface area contributed by atoms with Crippen LogP contribution in [0.2, 0.25) is 0 Å². The largest absolute Gasteiger partial charge is 0.368 e. The van der Waals surface area contributed by atoms with Gasteiger partial charge in [-0.05, 0) is 47.5 Å². The van der Waals surface area contributed by atoms with E-state index in [9.17, 15) is 4.79 Å². The Balaban J connectivity index is 2.48. The van der Waals surface area contributed by atoms with Gasteiger partial charge in [-0.25, -0.2) is 0 Å². The summed E-state index contributed by atoms with van der Waals surface area (Å²) in [5.74, 6) is -0.299. The van der Waals surface area contributed by atoms with E-state index < -0.39 is 5.54 Å². The van der Waals surface area contributed by atoms with E-state index >= 15 is 0 Å². The molecule has 3 N–H and O–H groups in total. The number of rotatable bonds is 6. The van der Waals surface area contributed by atoms with Gasteiger partial charge in [0.05, 0.1) is 0 Å². The molecule has 5 heteroatoms. The van der Waals surface area contributed by atoms with Crippen LogP contribution < -0.4 is 11.1 Å². The van der Waals surface area contributed by atoms with Gasteiger partial charge in [-0.15, -0.1) is 0 Å². The zero-order chi connectivity index (χ0) is 13.1. The quantitative estimate of drug-likeness (QED) is 0.658. The molecule has 1 saturated heterocycles. The van der Waals surface area contributed by atoms with Gasteiger partial charge in [-0.2, -0.15) is 0 Å². The van der Waals surface area contributed by atoms with E-state index in [0.29, 0.717) is 12.6 Å². The third-order valence-corrected chi connectivity index (χ3v) is 3.88. The van der Waals surface area contributed by atoms with Crippen molar-refractivity contribution >= 4 is 5.91 Å². The molecule has 1 heterocycles. The van der Waals surface area contributed by atoms with Crippen molar-refractivity contribution in [3.63, 3.8) is 0 Å². The summed E-state index contributed by atoms with van der Waals surface area (Å²) in [7, 11) is 5.99.